The Bertz CT molecular complexity index is 1550. The SMILES string of the molecule is COc1ccc(-n2c(C)cc([C@H]3[C@@H](c4ccccn4)NC(=S)N3c3ccc(OC(C)C)cc3)c2C)c([N+](=O)[O-])c1. The molecule has 9 nitrogen and oxygen atoms in total. The Hall–Kier alpha value is -4.44. The average molecular weight is 558 g/mol. The third-order valence-electron chi connectivity index (χ3n) is 6.99. The molecule has 0 radical (unpaired) electrons. The number of hydrogen-bond donors (Lipinski definition) is 1. The number of nitrogens with zero attached hydrogens (tertiary/aromatic N) is 4. The minimum atomic E-state index is -0.383. The number of nitro groups is 1. The lowest BCUT2D eigenvalue weighted by atomic mass is 9.96. The molecular weight excluding hydrogens is 526 g/mol. The maximum absolute atomic E-state index is 12.0. The van der Waals surface area contributed by atoms with Crippen LogP contribution in [-0.4, -0.2) is 32.8 Å². The van der Waals surface area contributed by atoms with Gasteiger partial charge in [0, 0.05) is 23.3 Å². The van der Waals surface area contributed by atoms with Crippen molar-refractivity contribution in [1.82, 2.24) is 14.9 Å². The monoisotopic (exact) mass is 557 g/mol. The Morgan fingerprint density at radius 1 is 1.05 bits per heavy atom. The van der Waals surface area contributed by atoms with Crippen LogP contribution >= 0.6 is 12.2 Å². The van der Waals surface area contributed by atoms with Gasteiger partial charge in [0.15, 0.2) is 5.11 Å². The summed E-state index contributed by atoms with van der Waals surface area (Å²) in [6.45, 7) is 7.90. The normalized spacial score (nSPS) is 16.8. The first kappa shape index (κ1) is 27.1. The van der Waals surface area contributed by atoms with Gasteiger partial charge < -0.3 is 24.3 Å². The predicted molar refractivity (Wildman–Crippen MR) is 159 cm³/mol. The molecule has 1 N–H and O–H groups in total. The topological polar surface area (TPSA) is 94.7 Å². The zero-order valence-electron chi connectivity index (χ0n) is 23.0. The van der Waals surface area contributed by atoms with Crippen LogP contribution in [0.2, 0.25) is 0 Å². The number of benzene rings is 2. The second kappa shape index (κ2) is 11.0. The molecule has 1 aliphatic heterocycles. The highest BCUT2D eigenvalue weighted by Gasteiger charge is 2.42. The van der Waals surface area contributed by atoms with E-state index in [2.05, 4.69) is 21.3 Å². The van der Waals surface area contributed by atoms with Gasteiger partial charge >= 0.3 is 0 Å². The first-order valence-corrected chi connectivity index (χ1v) is 13.4. The van der Waals surface area contributed by atoms with E-state index in [1.165, 1.54) is 13.2 Å². The standard InChI is InChI=1S/C30H31N5O4S/c1-18(2)39-22-11-9-21(10-12-22)34-29(28(32-30(34)40)25-8-6-7-15-31-25)24-16-19(3)33(20(24)4)26-14-13-23(38-5)17-27(26)35(36)37/h6-18,28-29H,1-5H3,(H,32,40)/t28-,29+/m1/s1. The van der Waals surface area contributed by atoms with E-state index in [-0.39, 0.29) is 28.8 Å². The van der Waals surface area contributed by atoms with Gasteiger partial charge in [-0.15, -0.1) is 0 Å². The number of aryl methyl sites for hydroxylation is 1. The molecule has 2 atom stereocenters. The molecule has 0 saturated carbocycles. The summed E-state index contributed by atoms with van der Waals surface area (Å²) in [6, 6.07) is 20.1. The van der Waals surface area contributed by atoms with Crippen LogP contribution in [0.5, 0.6) is 11.5 Å². The minimum absolute atomic E-state index is 0.0355. The highest BCUT2D eigenvalue weighted by molar-refractivity contribution is 7.80. The number of nitrogens with one attached hydrogen (secondary N) is 1. The lowest BCUT2D eigenvalue weighted by Gasteiger charge is -2.28. The summed E-state index contributed by atoms with van der Waals surface area (Å²) < 4.78 is 13.0. The van der Waals surface area contributed by atoms with E-state index in [0.717, 1.165) is 34.1 Å². The molecule has 2 aromatic heterocycles. The van der Waals surface area contributed by atoms with Gasteiger partial charge in [-0.2, -0.15) is 0 Å². The Morgan fingerprint density at radius 2 is 1.77 bits per heavy atom. The minimum Gasteiger partial charge on any atom is -0.496 e. The number of pyridine rings is 1. The Balaban J connectivity index is 1.65. The summed E-state index contributed by atoms with van der Waals surface area (Å²) in [7, 11) is 1.49. The fraction of sp³-hybridized carbons (Fsp3) is 0.267. The van der Waals surface area contributed by atoms with Crippen molar-refractivity contribution < 1.29 is 14.4 Å². The van der Waals surface area contributed by atoms with Gasteiger partial charge in [0.1, 0.15) is 17.2 Å². The van der Waals surface area contributed by atoms with Crippen LogP contribution < -0.4 is 19.7 Å². The highest BCUT2D eigenvalue weighted by Crippen LogP contribution is 2.44. The molecule has 0 spiro atoms. The zero-order chi connectivity index (χ0) is 28.6. The van der Waals surface area contributed by atoms with E-state index in [1.54, 1.807) is 18.3 Å². The van der Waals surface area contributed by atoms with Gasteiger partial charge in [0.25, 0.3) is 5.69 Å². The molecule has 0 amide bonds. The number of methoxy groups -OCH3 is 1. The van der Waals surface area contributed by atoms with Crippen LogP contribution in [-0.2, 0) is 0 Å². The van der Waals surface area contributed by atoms with E-state index >= 15 is 0 Å². The van der Waals surface area contributed by atoms with E-state index < -0.39 is 0 Å². The number of hydrogen-bond acceptors (Lipinski definition) is 6. The van der Waals surface area contributed by atoms with Crippen molar-refractivity contribution in [3.63, 3.8) is 0 Å². The van der Waals surface area contributed by atoms with Crippen molar-refractivity contribution in [2.75, 3.05) is 12.0 Å². The maximum atomic E-state index is 12.0. The lowest BCUT2D eigenvalue weighted by molar-refractivity contribution is -0.384. The zero-order valence-corrected chi connectivity index (χ0v) is 23.8. The number of nitro benzene ring substituents is 1. The quantitative estimate of drug-likeness (QED) is 0.152. The number of rotatable bonds is 8. The van der Waals surface area contributed by atoms with Gasteiger partial charge in [0.05, 0.1) is 42.0 Å². The Morgan fingerprint density at radius 3 is 2.40 bits per heavy atom. The molecule has 40 heavy (non-hydrogen) atoms. The summed E-state index contributed by atoms with van der Waals surface area (Å²) >= 11 is 5.88. The predicted octanol–water partition coefficient (Wildman–Crippen LogP) is 6.37. The van der Waals surface area contributed by atoms with Gasteiger partial charge in [0.2, 0.25) is 0 Å². The van der Waals surface area contributed by atoms with Gasteiger partial charge in [-0.05, 0) is 100 Å². The third-order valence-corrected chi connectivity index (χ3v) is 7.31. The molecule has 0 bridgehead atoms. The van der Waals surface area contributed by atoms with Gasteiger partial charge in [-0.1, -0.05) is 6.07 Å². The number of anilines is 1. The Labute approximate surface area is 238 Å². The van der Waals surface area contributed by atoms with Gasteiger partial charge in [-0.3, -0.25) is 15.1 Å². The molecule has 10 heteroatoms. The molecular formula is C30H31N5O4S. The molecule has 0 unspecified atom stereocenters. The first-order chi connectivity index (χ1) is 19.2. The molecule has 2 aromatic carbocycles. The average Bonchev–Trinajstić information content (AvgIpc) is 3.43. The third kappa shape index (κ3) is 4.98. The van der Waals surface area contributed by atoms with Crippen LogP contribution in [0, 0.1) is 24.0 Å². The summed E-state index contributed by atoms with van der Waals surface area (Å²) in [5.41, 5.74) is 4.89. The number of aromatic nitrogens is 2. The molecule has 1 fully saturated rings. The van der Waals surface area contributed by atoms with Crippen molar-refractivity contribution in [2.24, 2.45) is 0 Å². The fourth-order valence-electron chi connectivity index (χ4n) is 5.33. The van der Waals surface area contributed by atoms with Crippen LogP contribution in [0.4, 0.5) is 11.4 Å². The van der Waals surface area contributed by atoms with E-state index in [0.29, 0.717) is 16.5 Å². The second-order valence-electron chi connectivity index (χ2n) is 9.93. The molecule has 4 aromatic rings. The summed E-state index contributed by atoms with van der Waals surface area (Å²) in [5, 5.41) is 16.1. The van der Waals surface area contributed by atoms with Crippen LogP contribution in [0.25, 0.3) is 5.69 Å². The van der Waals surface area contributed by atoms with Gasteiger partial charge in [-0.25, -0.2) is 0 Å². The lowest BCUT2D eigenvalue weighted by Crippen LogP contribution is -2.29. The summed E-state index contributed by atoms with van der Waals surface area (Å²) in [4.78, 5) is 18.4. The van der Waals surface area contributed by atoms with Crippen molar-refractivity contribution in [1.29, 1.82) is 0 Å². The first-order valence-electron chi connectivity index (χ1n) is 13.0. The van der Waals surface area contributed by atoms with Crippen LogP contribution in [0.15, 0.2) is 72.9 Å². The Kier molecular flexibility index (Phi) is 7.44. The fourth-order valence-corrected chi connectivity index (χ4v) is 5.68. The van der Waals surface area contributed by atoms with Crippen molar-refractivity contribution >= 4 is 28.7 Å². The van der Waals surface area contributed by atoms with E-state index in [1.807, 2.05) is 74.7 Å². The van der Waals surface area contributed by atoms with Crippen LogP contribution in [0.3, 0.4) is 0 Å². The summed E-state index contributed by atoms with van der Waals surface area (Å²) in [5.74, 6) is 1.20. The van der Waals surface area contributed by atoms with Crippen molar-refractivity contribution in [3.8, 4) is 17.2 Å². The number of ether oxygens (including phenoxy) is 2. The van der Waals surface area contributed by atoms with E-state index in [4.69, 9.17) is 21.7 Å². The maximum Gasteiger partial charge on any atom is 0.296 e. The molecule has 5 rings (SSSR count). The molecule has 1 saturated heterocycles. The van der Waals surface area contributed by atoms with Crippen LogP contribution in [0.1, 0.15) is 48.6 Å². The molecule has 0 aliphatic carbocycles. The second-order valence-corrected chi connectivity index (χ2v) is 10.3. The number of thiocarbonyl (C=S) groups is 1. The molecule has 206 valence electrons. The summed E-state index contributed by atoms with van der Waals surface area (Å²) in [6.07, 6.45) is 1.83. The molecule has 3 heterocycles. The smallest absolute Gasteiger partial charge is 0.296 e. The largest absolute Gasteiger partial charge is 0.496 e. The van der Waals surface area contributed by atoms with Crippen molar-refractivity contribution in [3.05, 3.63) is 106 Å². The molecule has 1 aliphatic rings. The van der Waals surface area contributed by atoms with E-state index in [9.17, 15) is 10.1 Å². The van der Waals surface area contributed by atoms with Crippen molar-refractivity contribution in [2.45, 2.75) is 45.9 Å². The highest BCUT2D eigenvalue weighted by atomic mass is 32.1.